The number of nitrogens with zero attached hydrogens (tertiary/aromatic N) is 3. The van der Waals surface area contributed by atoms with E-state index in [1.807, 2.05) is 0 Å². The van der Waals surface area contributed by atoms with Crippen LogP contribution >= 0.6 is 0 Å². The third kappa shape index (κ3) is 5.24. The lowest BCUT2D eigenvalue weighted by atomic mass is 10.0. The van der Waals surface area contributed by atoms with Gasteiger partial charge in [0.15, 0.2) is 0 Å². The van der Waals surface area contributed by atoms with Gasteiger partial charge in [0.2, 0.25) is 0 Å². The van der Waals surface area contributed by atoms with E-state index < -0.39 is 0 Å². The lowest BCUT2D eigenvalue weighted by Crippen LogP contribution is -2.43. The number of aromatic nitrogens is 3. The van der Waals surface area contributed by atoms with E-state index in [9.17, 15) is 9.59 Å². The Labute approximate surface area is 166 Å². The van der Waals surface area contributed by atoms with E-state index in [0.29, 0.717) is 19.5 Å². The first-order chi connectivity index (χ1) is 13.6. The van der Waals surface area contributed by atoms with Crippen molar-refractivity contribution in [3.63, 3.8) is 0 Å². The summed E-state index contributed by atoms with van der Waals surface area (Å²) in [5, 5.41) is 10.4. The van der Waals surface area contributed by atoms with Gasteiger partial charge in [0, 0.05) is 32.1 Å². The number of aryl methyl sites for hydroxylation is 3. The van der Waals surface area contributed by atoms with Gasteiger partial charge in [-0.3, -0.25) is 4.57 Å². The molecule has 7 heteroatoms. The monoisotopic (exact) mass is 385 g/mol. The molecule has 1 aliphatic heterocycles. The Morgan fingerprint density at radius 1 is 1.25 bits per heavy atom. The zero-order chi connectivity index (χ0) is 19.9. The molecule has 7 nitrogen and oxygen atoms in total. The summed E-state index contributed by atoms with van der Waals surface area (Å²) >= 11 is 0. The third-order valence-corrected chi connectivity index (χ3v) is 5.29. The molecule has 1 unspecified atom stereocenters. The molecule has 2 aromatic rings. The van der Waals surface area contributed by atoms with Crippen LogP contribution in [0, 0.1) is 6.92 Å². The highest BCUT2D eigenvalue weighted by Crippen LogP contribution is 2.09. The Morgan fingerprint density at radius 3 is 2.75 bits per heavy atom. The predicted octanol–water partition coefficient (Wildman–Crippen LogP) is 2.40. The molecule has 1 atom stereocenters. The fraction of sp³-hybridized carbons (Fsp3) is 0.571. The van der Waals surface area contributed by atoms with Gasteiger partial charge in [-0.05, 0) is 44.6 Å². The van der Waals surface area contributed by atoms with Crippen molar-refractivity contribution in [3.8, 4) is 0 Å². The minimum absolute atomic E-state index is 0.0247. The van der Waals surface area contributed by atoms with Crippen LogP contribution in [0.1, 0.15) is 49.6 Å². The van der Waals surface area contributed by atoms with Crippen molar-refractivity contribution in [2.45, 2.75) is 71.5 Å². The maximum atomic E-state index is 12.3. The highest BCUT2D eigenvalue weighted by atomic mass is 16.2. The number of urea groups is 1. The molecule has 1 aromatic carbocycles. The molecule has 1 aromatic heterocycles. The number of nitrogens with one attached hydrogen (secondary N) is 2. The number of amides is 2. The molecule has 3 rings (SSSR count). The summed E-state index contributed by atoms with van der Waals surface area (Å²) in [6.07, 6.45) is 5.39. The second-order valence-corrected chi connectivity index (χ2v) is 7.58. The number of carbonyl (C=O) groups is 1. The summed E-state index contributed by atoms with van der Waals surface area (Å²) in [4.78, 5) is 24.5. The number of fused-ring (bicyclic) bond motifs is 1. The lowest BCUT2D eigenvalue weighted by molar-refractivity contribution is 0.236. The van der Waals surface area contributed by atoms with Crippen LogP contribution in [0.2, 0.25) is 0 Å². The van der Waals surface area contributed by atoms with Crippen molar-refractivity contribution in [2.75, 3.05) is 6.54 Å². The average Bonchev–Trinajstić information content (AvgIpc) is 3.02. The van der Waals surface area contributed by atoms with E-state index >= 15 is 0 Å². The van der Waals surface area contributed by atoms with Crippen LogP contribution < -0.4 is 16.3 Å². The van der Waals surface area contributed by atoms with E-state index in [-0.39, 0.29) is 17.8 Å². The topological polar surface area (TPSA) is 81.0 Å². The van der Waals surface area contributed by atoms with Gasteiger partial charge in [0.25, 0.3) is 0 Å². The zero-order valence-corrected chi connectivity index (χ0v) is 16.9. The minimum atomic E-state index is -0.157. The zero-order valence-electron chi connectivity index (χ0n) is 16.9. The van der Waals surface area contributed by atoms with Crippen LogP contribution in [-0.4, -0.2) is 33.0 Å². The van der Waals surface area contributed by atoms with Gasteiger partial charge in [-0.2, -0.15) is 5.10 Å². The number of carbonyl (C=O) groups excluding carboxylic acids is 1. The van der Waals surface area contributed by atoms with Gasteiger partial charge in [-0.15, -0.1) is 0 Å². The van der Waals surface area contributed by atoms with E-state index in [4.69, 9.17) is 0 Å². The standard InChI is InChI=1S/C21H31N5O2/c1-3-18(15-17-10-8-16(2)9-11-17)23-20(27)22-12-6-14-26-21(28)25-13-5-4-7-19(25)24-26/h8-11,18H,3-7,12-15H2,1-2H3,(H2,22,23,27). The van der Waals surface area contributed by atoms with Gasteiger partial charge in [-0.25, -0.2) is 14.3 Å². The van der Waals surface area contributed by atoms with Crippen molar-refractivity contribution in [3.05, 3.63) is 51.7 Å². The SMILES string of the molecule is CCC(Cc1ccc(C)cc1)NC(=O)NCCCn1nc2n(c1=O)CCCC2. The minimum Gasteiger partial charge on any atom is -0.338 e. The summed E-state index contributed by atoms with van der Waals surface area (Å²) in [6, 6.07) is 8.36. The molecule has 0 spiro atoms. The van der Waals surface area contributed by atoms with E-state index in [1.54, 1.807) is 4.57 Å². The quantitative estimate of drug-likeness (QED) is 0.685. The normalized spacial score (nSPS) is 14.4. The fourth-order valence-electron chi connectivity index (χ4n) is 3.57. The van der Waals surface area contributed by atoms with Crippen molar-refractivity contribution in [2.24, 2.45) is 0 Å². The summed E-state index contributed by atoms with van der Waals surface area (Å²) in [7, 11) is 0. The molecule has 0 aliphatic carbocycles. The van der Waals surface area contributed by atoms with Crippen LogP contribution in [0.15, 0.2) is 29.1 Å². The first-order valence-corrected chi connectivity index (χ1v) is 10.3. The van der Waals surface area contributed by atoms with Crippen LogP contribution in [-0.2, 0) is 25.9 Å². The third-order valence-electron chi connectivity index (χ3n) is 5.29. The molecule has 152 valence electrons. The summed E-state index contributed by atoms with van der Waals surface area (Å²) in [5.41, 5.74) is 2.43. The molecule has 0 radical (unpaired) electrons. The van der Waals surface area contributed by atoms with Crippen LogP contribution in [0.5, 0.6) is 0 Å². The lowest BCUT2D eigenvalue weighted by Gasteiger charge is -2.17. The maximum absolute atomic E-state index is 12.3. The first kappa shape index (κ1) is 20.2. The van der Waals surface area contributed by atoms with E-state index in [0.717, 1.165) is 44.5 Å². The molecule has 2 amide bonds. The molecular formula is C21H31N5O2. The molecule has 0 saturated carbocycles. The van der Waals surface area contributed by atoms with Gasteiger partial charge in [0.05, 0.1) is 0 Å². The maximum Gasteiger partial charge on any atom is 0.345 e. The van der Waals surface area contributed by atoms with Gasteiger partial charge in [-0.1, -0.05) is 36.8 Å². The van der Waals surface area contributed by atoms with Crippen LogP contribution in [0.4, 0.5) is 4.79 Å². The summed E-state index contributed by atoms with van der Waals surface area (Å²) in [5.74, 6) is 0.892. The second-order valence-electron chi connectivity index (χ2n) is 7.58. The summed E-state index contributed by atoms with van der Waals surface area (Å²) < 4.78 is 3.31. The number of hydrogen-bond acceptors (Lipinski definition) is 3. The number of benzene rings is 1. The molecule has 0 saturated heterocycles. The predicted molar refractivity (Wildman–Crippen MR) is 110 cm³/mol. The summed E-state index contributed by atoms with van der Waals surface area (Å²) in [6.45, 7) is 5.96. The van der Waals surface area contributed by atoms with Gasteiger partial charge < -0.3 is 10.6 Å². The second kappa shape index (κ2) is 9.57. The Hall–Kier alpha value is -2.57. The number of rotatable bonds is 8. The first-order valence-electron chi connectivity index (χ1n) is 10.3. The van der Waals surface area contributed by atoms with E-state index in [1.165, 1.54) is 15.8 Å². The van der Waals surface area contributed by atoms with Gasteiger partial charge >= 0.3 is 11.7 Å². The van der Waals surface area contributed by atoms with Crippen LogP contribution in [0.3, 0.4) is 0 Å². The van der Waals surface area contributed by atoms with Crippen molar-refractivity contribution in [1.82, 2.24) is 25.0 Å². The van der Waals surface area contributed by atoms with Crippen LogP contribution in [0.25, 0.3) is 0 Å². The fourth-order valence-corrected chi connectivity index (χ4v) is 3.57. The Balaban J connectivity index is 1.40. The largest absolute Gasteiger partial charge is 0.345 e. The average molecular weight is 386 g/mol. The molecule has 2 heterocycles. The molecule has 2 N–H and O–H groups in total. The Morgan fingerprint density at radius 2 is 2.04 bits per heavy atom. The smallest absolute Gasteiger partial charge is 0.338 e. The molecule has 1 aliphatic rings. The molecular weight excluding hydrogens is 354 g/mol. The molecule has 0 fully saturated rings. The molecule has 28 heavy (non-hydrogen) atoms. The Kier molecular flexibility index (Phi) is 6.90. The van der Waals surface area contributed by atoms with Gasteiger partial charge in [0.1, 0.15) is 5.82 Å². The van der Waals surface area contributed by atoms with Crippen molar-refractivity contribution in [1.29, 1.82) is 0 Å². The highest BCUT2D eigenvalue weighted by molar-refractivity contribution is 5.74. The number of hydrogen-bond donors (Lipinski definition) is 2. The van der Waals surface area contributed by atoms with E-state index in [2.05, 4.69) is 53.8 Å². The Bertz CT molecular complexity index is 837. The van der Waals surface area contributed by atoms with Crippen molar-refractivity contribution < 1.29 is 4.79 Å². The molecule has 0 bridgehead atoms. The van der Waals surface area contributed by atoms with Crippen molar-refractivity contribution >= 4 is 6.03 Å². The highest BCUT2D eigenvalue weighted by Gasteiger charge is 2.16.